The Balaban J connectivity index is 1.87. The third kappa shape index (κ3) is 3.21. The Kier molecular flexibility index (Phi) is 3.78. The number of aliphatic carboxylic acids is 1. The first-order valence-electron chi connectivity index (χ1n) is 5.69. The Hall–Kier alpha value is -2.08. The molecule has 2 rings (SSSR count). The topological polar surface area (TPSA) is 95.3 Å². The molecule has 0 atom stereocenters. The van der Waals surface area contributed by atoms with Gasteiger partial charge in [-0.25, -0.2) is 4.79 Å². The highest BCUT2D eigenvalue weighted by Gasteiger charge is 2.02. The number of aromatic nitrogens is 1. The Morgan fingerprint density at radius 2 is 2.22 bits per heavy atom. The average molecular weight is 250 g/mol. The molecule has 0 aliphatic carbocycles. The van der Waals surface area contributed by atoms with Gasteiger partial charge in [-0.1, -0.05) is 6.07 Å². The maximum absolute atomic E-state index is 11.0. The highest BCUT2D eigenvalue weighted by atomic mass is 16.4. The van der Waals surface area contributed by atoms with Gasteiger partial charge in [0.15, 0.2) is 5.58 Å². The number of hydrogen-bond donors (Lipinski definition) is 3. The van der Waals surface area contributed by atoms with Crippen molar-refractivity contribution >= 4 is 17.1 Å². The van der Waals surface area contributed by atoms with E-state index in [1.165, 1.54) is 0 Å². The van der Waals surface area contributed by atoms with Crippen LogP contribution in [-0.2, 0) is 11.2 Å². The molecule has 6 heteroatoms. The number of H-pyrrole nitrogens is 1. The normalized spacial score (nSPS) is 10.9. The van der Waals surface area contributed by atoms with Crippen molar-refractivity contribution in [3.63, 3.8) is 0 Å². The summed E-state index contributed by atoms with van der Waals surface area (Å²) in [6.07, 6.45) is 0.886. The van der Waals surface area contributed by atoms with E-state index < -0.39 is 11.7 Å². The summed E-state index contributed by atoms with van der Waals surface area (Å²) in [5.74, 6) is -1.26. The minimum atomic E-state index is -0.806. The molecule has 0 saturated carbocycles. The number of rotatable bonds is 6. The van der Waals surface area contributed by atoms with Crippen molar-refractivity contribution in [2.75, 3.05) is 13.1 Å². The molecule has 2 aromatic rings. The van der Waals surface area contributed by atoms with Crippen molar-refractivity contribution in [3.05, 3.63) is 34.3 Å². The molecule has 0 unspecified atom stereocenters. The molecule has 0 radical (unpaired) electrons. The Morgan fingerprint density at radius 3 is 3.00 bits per heavy atom. The van der Waals surface area contributed by atoms with Gasteiger partial charge in [0.05, 0.1) is 11.9 Å². The summed E-state index contributed by atoms with van der Waals surface area (Å²) in [6.45, 7) is 1.15. The summed E-state index contributed by atoms with van der Waals surface area (Å²) in [4.78, 5) is 23.9. The molecule has 96 valence electrons. The lowest BCUT2D eigenvalue weighted by atomic mass is 10.1. The van der Waals surface area contributed by atoms with Gasteiger partial charge in [-0.05, 0) is 30.7 Å². The average Bonchev–Trinajstić information content (AvgIpc) is 2.67. The van der Waals surface area contributed by atoms with Crippen LogP contribution < -0.4 is 11.1 Å². The molecule has 0 fully saturated rings. The molecule has 0 amide bonds. The molecule has 0 bridgehead atoms. The fourth-order valence-electron chi connectivity index (χ4n) is 1.71. The van der Waals surface area contributed by atoms with Crippen molar-refractivity contribution in [2.45, 2.75) is 12.8 Å². The van der Waals surface area contributed by atoms with Gasteiger partial charge in [0.25, 0.3) is 0 Å². The van der Waals surface area contributed by atoms with Crippen LogP contribution in [0, 0.1) is 0 Å². The Morgan fingerprint density at radius 1 is 1.39 bits per heavy atom. The second-order valence-corrected chi connectivity index (χ2v) is 3.99. The molecule has 0 aliphatic heterocycles. The predicted molar refractivity (Wildman–Crippen MR) is 65.7 cm³/mol. The van der Waals surface area contributed by atoms with E-state index in [-0.39, 0.29) is 6.42 Å². The lowest BCUT2D eigenvalue weighted by Gasteiger charge is -2.03. The van der Waals surface area contributed by atoms with E-state index in [4.69, 9.17) is 9.52 Å². The van der Waals surface area contributed by atoms with E-state index in [1.54, 1.807) is 6.07 Å². The fourth-order valence-corrected chi connectivity index (χ4v) is 1.71. The van der Waals surface area contributed by atoms with E-state index in [1.807, 2.05) is 12.1 Å². The van der Waals surface area contributed by atoms with Gasteiger partial charge < -0.3 is 14.8 Å². The van der Waals surface area contributed by atoms with Crippen molar-refractivity contribution < 1.29 is 14.3 Å². The summed E-state index contributed by atoms with van der Waals surface area (Å²) in [5, 5.41) is 11.5. The first-order valence-corrected chi connectivity index (χ1v) is 5.69. The summed E-state index contributed by atoms with van der Waals surface area (Å²) in [5.41, 5.74) is 2.29. The van der Waals surface area contributed by atoms with Crippen LogP contribution in [0.5, 0.6) is 0 Å². The smallest absolute Gasteiger partial charge is 0.417 e. The number of carboxylic acid groups (broad SMARTS) is 1. The van der Waals surface area contributed by atoms with E-state index in [2.05, 4.69) is 10.3 Å². The zero-order chi connectivity index (χ0) is 13.0. The van der Waals surface area contributed by atoms with Crippen LogP contribution in [-0.4, -0.2) is 29.1 Å². The number of carboxylic acids is 1. The van der Waals surface area contributed by atoms with Gasteiger partial charge in [-0.15, -0.1) is 0 Å². The van der Waals surface area contributed by atoms with Crippen LogP contribution in [0.4, 0.5) is 0 Å². The van der Waals surface area contributed by atoms with E-state index in [0.29, 0.717) is 24.2 Å². The fraction of sp³-hybridized carbons (Fsp3) is 0.333. The maximum atomic E-state index is 11.0. The molecule has 1 aromatic carbocycles. The first kappa shape index (κ1) is 12.4. The molecule has 1 aromatic heterocycles. The van der Waals surface area contributed by atoms with Crippen LogP contribution in [0.1, 0.15) is 12.0 Å². The molecule has 18 heavy (non-hydrogen) atoms. The van der Waals surface area contributed by atoms with Gasteiger partial charge in [-0.2, -0.15) is 0 Å². The van der Waals surface area contributed by atoms with Gasteiger partial charge in [0.2, 0.25) is 0 Å². The number of oxazole rings is 1. The van der Waals surface area contributed by atoms with Crippen LogP contribution in [0.2, 0.25) is 0 Å². The molecular weight excluding hydrogens is 236 g/mol. The second-order valence-electron chi connectivity index (χ2n) is 3.99. The number of benzene rings is 1. The van der Waals surface area contributed by atoms with Gasteiger partial charge in [0, 0.05) is 6.54 Å². The lowest BCUT2D eigenvalue weighted by Crippen LogP contribution is -2.20. The molecule has 6 nitrogen and oxygen atoms in total. The monoisotopic (exact) mass is 250 g/mol. The number of carbonyl (C=O) groups is 1. The van der Waals surface area contributed by atoms with Crippen LogP contribution in [0.3, 0.4) is 0 Å². The zero-order valence-electron chi connectivity index (χ0n) is 9.73. The summed E-state index contributed by atoms with van der Waals surface area (Å²) >= 11 is 0. The number of nitrogens with one attached hydrogen (secondary N) is 2. The number of hydrogen-bond acceptors (Lipinski definition) is 4. The second kappa shape index (κ2) is 5.50. The number of fused-ring (bicyclic) bond motifs is 1. The van der Waals surface area contributed by atoms with Gasteiger partial charge in [0.1, 0.15) is 0 Å². The predicted octanol–water partition coefficient (Wildman–Crippen LogP) is 0.728. The van der Waals surface area contributed by atoms with Crippen LogP contribution in [0.15, 0.2) is 27.4 Å². The largest absolute Gasteiger partial charge is 0.481 e. The van der Waals surface area contributed by atoms with Crippen molar-refractivity contribution in [2.24, 2.45) is 0 Å². The molecule has 0 spiro atoms. The van der Waals surface area contributed by atoms with E-state index in [0.717, 1.165) is 12.0 Å². The van der Waals surface area contributed by atoms with E-state index in [9.17, 15) is 9.59 Å². The summed E-state index contributed by atoms with van der Waals surface area (Å²) in [7, 11) is 0. The maximum Gasteiger partial charge on any atom is 0.417 e. The highest BCUT2D eigenvalue weighted by molar-refractivity contribution is 5.72. The van der Waals surface area contributed by atoms with Crippen molar-refractivity contribution in [3.8, 4) is 0 Å². The standard InChI is InChI=1S/C12H14N2O4/c15-11(16)4-6-13-5-3-8-1-2-10-9(7-8)14-12(17)18-10/h1-2,7,13H,3-6H2,(H,14,17)(H,15,16). The summed E-state index contributed by atoms with van der Waals surface area (Å²) in [6, 6.07) is 5.50. The minimum Gasteiger partial charge on any atom is -0.481 e. The highest BCUT2D eigenvalue weighted by Crippen LogP contribution is 2.12. The molecule has 0 saturated heterocycles. The van der Waals surface area contributed by atoms with Crippen molar-refractivity contribution in [1.29, 1.82) is 0 Å². The zero-order valence-corrected chi connectivity index (χ0v) is 9.73. The van der Waals surface area contributed by atoms with E-state index >= 15 is 0 Å². The SMILES string of the molecule is O=C(O)CCNCCc1ccc2oc(=O)[nH]c2c1. The van der Waals surface area contributed by atoms with Crippen LogP contribution in [0.25, 0.3) is 11.1 Å². The third-order valence-corrected chi connectivity index (χ3v) is 2.59. The first-order chi connectivity index (χ1) is 8.65. The van der Waals surface area contributed by atoms with Gasteiger partial charge >= 0.3 is 11.7 Å². The quantitative estimate of drug-likeness (QED) is 0.657. The van der Waals surface area contributed by atoms with Crippen molar-refractivity contribution in [1.82, 2.24) is 10.3 Å². The Bertz CT molecular complexity index is 599. The van der Waals surface area contributed by atoms with Crippen LogP contribution >= 0.6 is 0 Å². The van der Waals surface area contributed by atoms with Gasteiger partial charge in [-0.3, -0.25) is 9.78 Å². The molecule has 3 N–H and O–H groups in total. The minimum absolute atomic E-state index is 0.119. The molecule has 0 aliphatic rings. The molecular formula is C12H14N2O4. The third-order valence-electron chi connectivity index (χ3n) is 2.59. The lowest BCUT2D eigenvalue weighted by molar-refractivity contribution is -0.136. The number of aromatic amines is 1. The molecule has 1 heterocycles. The summed E-state index contributed by atoms with van der Waals surface area (Å²) < 4.78 is 4.90. The Labute approximate surface area is 103 Å².